The van der Waals surface area contributed by atoms with E-state index in [0.717, 1.165) is 10.7 Å². The Kier molecular flexibility index (Phi) is 3.51. The number of aryl methyl sites for hydroxylation is 1. The molecule has 1 atom stereocenters. The number of thiazole rings is 1. The lowest BCUT2D eigenvalue weighted by Gasteiger charge is -2.37. The number of rotatable bonds is 3. The minimum Gasteiger partial charge on any atom is -0.481 e. The summed E-state index contributed by atoms with van der Waals surface area (Å²) in [7, 11) is 0. The summed E-state index contributed by atoms with van der Waals surface area (Å²) in [6.07, 6.45) is 0. The molecule has 0 radical (unpaired) electrons. The third-order valence-electron chi connectivity index (χ3n) is 2.87. The lowest BCUT2D eigenvalue weighted by molar-refractivity contribution is -0.146. The minimum atomic E-state index is -0.845. The van der Waals surface area contributed by atoms with Crippen LogP contribution < -0.4 is 5.32 Å². The molecule has 1 aliphatic rings. The van der Waals surface area contributed by atoms with Gasteiger partial charge in [-0.2, -0.15) is 0 Å². The molecule has 1 fully saturated rings. The summed E-state index contributed by atoms with van der Waals surface area (Å²) in [6.45, 7) is 4.33. The average Bonchev–Trinajstić information content (AvgIpc) is 2.61. The molecule has 1 aliphatic heterocycles. The molecule has 6 nitrogen and oxygen atoms in total. The number of nitrogens with one attached hydrogen (secondary N) is 1. The van der Waals surface area contributed by atoms with Crippen LogP contribution in [0.4, 0.5) is 4.79 Å². The summed E-state index contributed by atoms with van der Waals surface area (Å²) < 4.78 is 0. The number of nitrogens with zero attached hydrogens (tertiary/aromatic N) is 2. The first-order valence-electron chi connectivity index (χ1n) is 5.67. The largest absolute Gasteiger partial charge is 0.481 e. The van der Waals surface area contributed by atoms with E-state index in [1.54, 1.807) is 0 Å². The first-order valence-corrected chi connectivity index (χ1v) is 6.55. The Balaban J connectivity index is 1.84. The smallest absolute Gasteiger partial charge is 0.318 e. The van der Waals surface area contributed by atoms with Crippen molar-refractivity contribution in [2.24, 2.45) is 5.92 Å². The van der Waals surface area contributed by atoms with Gasteiger partial charge in [0, 0.05) is 24.2 Å². The number of hydrogen-bond acceptors (Lipinski definition) is 4. The van der Waals surface area contributed by atoms with Gasteiger partial charge < -0.3 is 15.3 Å². The molecule has 2 N–H and O–H groups in total. The molecule has 2 amide bonds. The second-order valence-corrected chi connectivity index (χ2v) is 5.33. The monoisotopic (exact) mass is 269 g/mol. The van der Waals surface area contributed by atoms with Crippen molar-refractivity contribution in [2.45, 2.75) is 19.9 Å². The number of aliphatic carboxylic acids is 1. The molecule has 0 spiro atoms. The van der Waals surface area contributed by atoms with Crippen LogP contribution in [0.2, 0.25) is 0 Å². The van der Waals surface area contributed by atoms with Gasteiger partial charge in [-0.3, -0.25) is 4.79 Å². The Morgan fingerprint density at radius 2 is 2.28 bits per heavy atom. The molecule has 1 saturated heterocycles. The van der Waals surface area contributed by atoms with E-state index >= 15 is 0 Å². The highest BCUT2D eigenvalue weighted by Crippen LogP contribution is 2.20. The third kappa shape index (κ3) is 2.61. The van der Waals surface area contributed by atoms with Crippen molar-refractivity contribution in [3.63, 3.8) is 0 Å². The zero-order valence-corrected chi connectivity index (χ0v) is 11.0. The SMILES string of the molecule is Cc1csc(C(C)NC(=O)N2CC(C(=O)O)C2)n1. The molecular formula is C11H15N3O3S. The van der Waals surface area contributed by atoms with Gasteiger partial charge >= 0.3 is 12.0 Å². The maximum atomic E-state index is 11.8. The average molecular weight is 269 g/mol. The highest BCUT2D eigenvalue weighted by Gasteiger charge is 2.36. The molecule has 98 valence electrons. The molecule has 18 heavy (non-hydrogen) atoms. The van der Waals surface area contributed by atoms with E-state index in [4.69, 9.17) is 5.11 Å². The van der Waals surface area contributed by atoms with Crippen molar-refractivity contribution < 1.29 is 14.7 Å². The van der Waals surface area contributed by atoms with Crippen LogP contribution in [0.5, 0.6) is 0 Å². The van der Waals surface area contributed by atoms with Crippen LogP contribution in [-0.2, 0) is 4.79 Å². The fraction of sp³-hybridized carbons (Fsp3) is 0.545. The van der Waals surface area contributed by atoms with Gasteiger partial charge in [0.2, 0.25) is 0 Å². The van der Waals surface area contributed by atoms with E-state index < -0.39 is 11.9 Å². The highest BCUT2D eigenvalue weighted by molar-refractivity contribution is 7.09. The van der Waals surface area contributed by atoms with Gasteiger partial charge in [-0.1, -0.05) is 0 Å². The van der Waals surface area contributed by atoms with Crippen LogP contribution in [0.25, 0.3) is 0 Å². The summed E-state index contributed by atoms with van der Waals surface area (Å²) in [5.41, 5.74) is 0.936. The Hall–Kier alpha value is -1.63. The maximum absolute atomic E-state index is 11.8. The number of likely N-dealkylation sites (tertiary alicyclic amines) is 1. The number of carbonyl (C=O) groups is 2. The normalized spacial score (nSPS) is 17.1. The third-order valence-corrected chi connectivity index (χ3v) is 4.01. The fourth-order valence-electron chi connectivity index (χ4n) is 1.71. The Labute approximate surface area is 109 Å². The first kappa shape index (κ1) is 12.8. The van der Waals surface area contributed by atoms with Gasteiger partial charge in [0.15, 0.2) is 0 Å². The molecule has 0 bridgehead atoms. The van der Waals surface area contributed by atoms with Gasteiger partial charge in [-0.25, -0.2) is 9.78 Å². The van der Waals surface area contributed by atoms with E-state index in [1.165, 1.54) is 16.2 Å². The van der Waals surface area contributed by atoms with Crippen LogP contribution in [0.3, 0.4) is 0 Å². The van der Waals surface area contributed by atoms with Gasteiger partial charge in [-0.15, -0.1) is 11.3 Å². The van der Waals surface area contributed by atoms with Gasteiger partial charge in [0.05, 0.1) is 12.0 Å². The van der Waals surface area contributed by atoms with Crippen molar-refractivity contribution in [3.05, 3.63) is 16.1 Å². The van der Waals surface area contributed by atoms with E-state index in [2.05, 4.69) is 10.3 Å². The molecule has 1 aromatic heterocycles. The fourth-order valence-corrected chi connectivity index (χ4v) is 2.51. The summed E-state index contributed by atoms with van der Waals surface area (Å²) in [6, 6.07) is -0.382. The molecule has 2 heterocycles. The van der Waals surface area contributed by atoms with Crippen molar-refractivity contribution in [3.8, 4) is 0 Å². The lowest BCUT2D eigenvalue weighted by atomic mass is 10.0. The molecule has 0 aliphatic carbocycles. The number of carboxylic acid groups (broad SMARTS) is 1. The minimum absolute atomic E-state index is 0.153. The summed E-state index contributed by atoms with van der Waals surface area (Å²) in [5, 5.41) is 14.3. The van der Waals surface area contributed by atoms with E-state index in [-0.39, 0.29) is 25.2 Å². The number of urea groups is 1. The molecule has 1 aromatic rings. The molecule has 0 saturated carbocycles. The van der Waals surface area contributed by atoms with Crippen LogP contribution >= 0.6 is 11.3 Å². The highest BCUT2D eigenvalue weighted by atomic mass is 32.1. The predicted octanol–water partition coefficient (Wildman–Crippen LogP) is 1.24. The van der Waals surface area contributed by atoms with Crippen molar-refractivity contribution in [1.29, 1.82) is 0 Å². The van der Waals surface area contributed by atoms with Crippen LogP contribution in [0, 0.1) is 12.8 Å². The van der Waals surface area contributed by atoms with Crippen LogP contribution in [0.15, 0.2) is 5.38 Å². The number of carbonyl (C=O) groups excluding carboxylic acids is 1. The molecule has 0 aromatic carbocycles. The topological polar surface area (TPSA) is 82.5 Å². The van der Waals surface area contributed by atoms with E-state index in [9.17, 15) is 9.59 Å². The molecule has 1 unspecified atom stereocenters. The Morgan fingerprint density at radius 1 is 1.61 bits per heavy atom. The van der Waals surface area contributed by atoms with Crippen LogP contribution in [-0.4, -0.2) is 40.1 Å². The standard InChI is InChI=1S/C11H15N3O3S/c1-6-5-18-9(12-6)7(2)13-11(17)14-3-8(4-14)10(15)16/h5,7-8H,3-4H2,1-2H3,(H,13,17)(H,15,16). The van der Waals surface area contributed by atoms with Crippen molar-refractivity contribution >= 4 is 23.3 Å². The van der Waals surface area contributed by atoms with Crippen molar-refractivity contribution in [2.75, 3.05) is 13.1 Å². The summed E-state index contributed by atoms with van der Waals surface area (Å²) >= 11 is 1.50. The predicted molar refractivity (Wildman–Crippen MR) is 66.5 cm³/mol. The summed E-state index contributed by atoms with van der Waals surface area (Å²) in [5.74, 6) is -1.27. The zero-order chi connectivity index (χ0) is 13.3. The quantitative estimate of drug-likeness (QED) is 0.864. The van der Waals surface area contributed by atoms with Crippen LogP contribution in [0.1, 0.15) is 23.7 Å². The van der Waals surface area contributed by atoms with E-state index in [1.807, 2.05) is 19.2 Å². The first-order chi connectivity index (χ1) is 8.47. The zero-order valence-electron chi connectivity index (χ0n) is 10.2. The number of carboxylic acids is 1. The summed E-state index contributed by atoms with van der Waals surface area (Å²) in [4.78, 5) is 28.2. The Morgan fingerprint density at radius 3 is 2.78 bits per heavy atom. The second-order valence-electron chi connectivity index (χ2n) is 4.44. The second kappa shape index (κ2) is 4.93. The van der Waals surface area contributed by atoms with Gasteiger partial charge in [-0.05, 0) is 13.8 Å². The van der Waals surface area contributed by atoms with E-state index in [0.29, 0.717) is 0 Å². The maximum Gasteiger partial charge on any atom is 0.318 e. The Bertz CT molecular complexity index is 468. The number of aromatic nitrogens is 1. The van der Waals surface area contributed by atoms with Crippen molar-refractivity contribution in [1.82, 2.24) is 15.2 Å². The number of hydrogen-bond donors (Lipinski definition) is 2. The molecular weight excluding hydrogens is 254 g/mol. The molecule has 7 heteroatoms. The molecule has 2 rings (SSSR count). The van der Waals surface area contributed by atoms with Gasteiger partial charge in [0.1, 0.15) is 5.01 Å². The number of amides is 2. The van der Waals surface area contributed by atoms with Gasteiger partial charge in [0.25, 0.3) is 0 Å². The lowest BCUT2D eigenvalue weighted by Crippen LogP contribution is -2.56.